The quantitative estimate of drug-likeness (QED) is 0.814. The molecule has 1 aromatic rings. The van der Waals surface area contributed by atoms with E-state index in [1.54, 1.807) is 27.9 Å². The summed E-state index contributed by atoms with van der Waals surface area (Å²) in [5.41, 5.74) is 0.741. The third kappa shape index (κ3) is 3.33. The maximum absolute atomic E-state index is 11.6. The molecule has 1 aromatic heterocycles. The molecule has 1 atom stereocenters. The van der Waals surface area contributed by atoms with Gasteiger partial charge in [-0.05, 0) is 19.9 Å². The molecule has 1 unspecified atom stereocenters. The zero-order valence-electron chi connectivity index (χ0n) is 11.0. The fraction of sp³-hybridized carbons (Fsp3) is 0.500. The Kier molecular flexibility index (Phi) is 4.49. The smallest absolute Gasteiger partial charge is 0.371 e. The minimum atomic E-state index is -1.10. The maximum atomic E-state index is 11.6. The molecule has 1 amide bonds. The number of aromatic carboxylic acids is 1. The Morgan fingerprint density at radius 2 is 2.11 bits per heavy atom. The van der Waals surface area contributed by atoms with Gasteiger partial charge >= 0.3 is 5.97 Å². The lowest BCUT2D eigenvalue weighted by molar-refractivity contribution is -0.130. The van der Waals surface area contributed by atoms with E-state index >= 15 is 0 Å². The highest BCUT2D eigenvalue weighted by Crippen LogP contribution is 2.14. The number of carboxylic acids is 1. The Hall–Kier alpha value is -1.82. The van der Waals surface area contributed by atoms with E-state index in [0.29, 0.717) is 12.3 Å². The maximum Gasteiger partial charge on any atom is 0.371 e. The summed E-state index contributed by atoms with van der Waals surface area (Å²) in [4.78, 5) is 23.8. The summed E-state index contributed by atoms with van der Waals surface area (Å²) < 4.78 is 5.08. The normalized spacial score (nSPS) is 12.2. The van der Waals surface area contributed by atoms with Crippen molar-refractivity contribution in [1.82, 2.24) is 10.2 Å². The number of rotatable bonds is 5. The lowest BCUT2D eigenvalue weighted by Gasteiger charge is -2.17. The molecule has 2 N–H and O–H groups in total. The molecule has 0 aliphatic heterocycles. The standard InChI is InChI=1S/C12H18N2O4/c1-7(11(15)14(3)4)13-6-9-5-10(12(16)17)18-8(9)2/h5,7,13H,6H2,1-4H3,(H,16,17). The molecule has 0 saturated carbocycles. The van der Waals surface area contributed by atoms with Crippen molar-refractivity contribution in [3.05, 3.63) is 23.2 Å². The highest BCUT2D eigenvalue weighted by atomic mass is 16.4. The third-order valence-electron chi connectivity index (χ3n) is 2.64. The van der Waals surface area contributed by atoms with Crippen LogP contribution in [0.2, 0.25) is 0 Å². The predicted octanol–water partition coefficient (Wildman–Crippen LogP) is 0.853. The topological polar surface area (TPSA) is 82.8 Å². The van der Waals surface area contributed by atoms with Gasteiger partial charge < -0.3 is 19.7 Å². The molecule has 18 heavy (non-hydrogen) atoms. The van der Waals surface area contributed by atoms with Crippen LogP contribution in [-0.4, -0.2) is 42.0 Å². The molecule has 0 fully saturated rings. The summed E-state index contributed by atoms with van der Waals surface area (Å²) in [6.45, 7) is 3.85. The number of hydrogen-bond donors (Lipinski definition) is 2. The van der Waals surface area contributed by atoms with Crippen LogP contribution >= 0.6 is 0 Å². The van der Waals surface area contributed by atoms with Crippen molar-refractivity contribution in [2.45, 2.75) is 26.4 Å². The molecular formula is C12H18N2O4. The predicted molar refractivity (Wildman–Crippen MR) is 65.4 cm³/mol. The fourth-order valence-corrected chi connectivity index (χ4v) is 1.54. The molecule has 0 radical (unpaired) electrons. The molecule has 6 heteroatoms. The second kappa shape index (κ2) is 5.68. The Bertz CT molecular complexity index is 451. The number of amides is 1. The average Bonchev–Trinajstić information content (AvgIpc) is 2.66. The van der Waals surface area contributed by atoms with E-state index in [0.717, 1.165) is 5.56 Å². The number of carboxylic acid groups (broad SMARTS) is 1. The van der Waals surface area contributed by atoms with E-state index in [4.69, 9.17) is 9.52 Å². The molecule has 0 aliphatic carbocycles. The summed E-state index contributed by atoms with van der Waals surface area (Å²) in [6, 6.07) is 1.14. The molecule has 0 spiro atoms. The van der Waals surface area contributed by atoms with Gasteiger partial charge in [-0.15, -0.1) is 0 Å². The number of carbonyl (C=O) groups is 2. The van der Waals surface area contributed by atoms with Gasteiger partial charge in [0.05, 0.1) is 6.04 Å². The van der Waals surface area contributed by atoms with Gasteiger partial charge in [0.1, 0.15) is 5.76 Å². The van der Waals surface area contributed by atoms with Gasteiger partial charge in [-0.3, -0.25) is 4.79 Å². The van der Waals surface area contributed by atoms with Crippen molar-refractivity contribution in [2.75, 3.05) is 14.1 Å². The minimum absolute atomic E-state index is 0.0328. The van der Waals surface area contributed by atoms with Crippen molar-refractivity contribution in [3.63, 3.8) is 0 Å². The first-order valence-corrected chi connectivity index (χ1v) is 5.60. The van der Waals surface area contributed by atoms with Crippen molar-refractivity contribution in [3.8, 4) is 0 Å². The second-order valence-electron chi connectivity index (χ2n) is 4.33. The number of aryl methyl sites for hydroxylation is 1. The van der Waals surface area contributed by atoms with Gasteiger partial charge in [0.25, 0.3) is 0 Å². The highest BCUT2D eigenvalue weighted by molar-refractivity contribution is 5.84. The Morgan fingerprint density at radius 3 is 2.56 bits per heavy atom. The monoisotopic (exact) mass is 254 g/mol. The van der Waals surface area contributed by atoms with Gasteiger partial charge in [0.2, 0.25) is 11.7 Å². The van der Waals surface area contributed by atoms with Crippen LogP contribution in [0.1, 0.15) is 28.8 Å². The van der Waals surface area contributed by atoms with E-state index in [2.05, 4.69) is 5.32 Å². The van der Waals surface area contributed by atoms with Crippen molar-refractivity contribution in [2.24, 2.45) is 0 Å². The number of hydrogen-bond acceptors (Lipinski definition) is 4. The Balaban J connectivity index is 2.64. The Labute approximate surface area is 106 Å². The average molecular weight is 254 g/mol. The highest BCUT2D eigenvalue weighted by Gasteiger charge is 2.17. The van der Waals surface area contributed by atoms with Gasteiger partial charge in [-0.1, -0.05) is 0 Å². The zero-order chi connectivity index (χ0) is 13.9. The summed E-state index contributed by atoms with van der Waals surface area (Å²) in [7, 11) is 3.37. The Morgan fingerprint density at radius 1 is 1.50 bits per heavy atom. The molecule has 0 aromatic carbocycles. The molecular weight excluding hydrogens is 236 g/mol. The zero-order valence-corrected chi connectivity index (χ0v) is 11.0. The van der Waals surface area contributed by atoms with Crippen molar-refractivity contribution < 1.29 is 19.1 Å². The van der Waals surface area contributed by atoms with Crippen LogP contribution in [0.4, 0.5) is 0 Å². The van der Waals surface area contributed by atoms with Gasteiger partial charge in [0.15, 0.2) is 0 Å². The van der Waals surface area contributed by atoms with E-state index in [1.165, 1.54) is 11.0 Å². The van der Waals surface area contributed by atoms with Crippen LogP contribution in [-0.2, 0) is 11.3 Å². The lowest BCUT2D eigenvalue weighted by atomic mass is 10.2. The molecule has 1 rings (SSSR count). The number of carbonyl (C=O) groups excluding carboxylic acids is 1. The van der Waals surface area contributed by atoms with E-state index in [-0.39, 0.29) is 17.7 Å². The number of nitrogens with one attached hydrogen (secondary N) is 1. The van der Waals surface area contributed by atoms with Crippen molar-refractivity contribution >= 4 is 11.9 Å². The molecule has 0 aliphatic rings. The van der Waals surface area contributed by atoms with Crippen molar-refractivity contribution in [1.29, 1.82) is 0 Å². The van der Waals surface area contributed by atoms with E-state index in [9.17, 15) is 9.59 Å². The molecule has 1 heterocycles. The summed E-state index contributed by atoms with van der Waals surface area (Å²) in [6.07, 6.45) is 0. The van der Waals surface area contributed by atoms with Crippen LogP contribution < -0.4 is 5.32 Å². The van der Waals surface area contributed by atoms with Gasteiger partial charge in [-0.2, -0.15) is 0 Å². The summed E-state index contributed by atoms with van der Waals surface area (Å²) in [5.74, 6) is -0.670. The van der Waals surface area contributed by atoms with Crippen LogP contribution in [0.15, 0.2) is 10.5 Å². The van der Waals surface area contributed by atoms with E-state index < -0.39 is 5.97 Å². The molecule has 0 bridgehead atoms. The second-order valence-corrected chi connectivity index (χ2v) is 4.33. The lowest BCUT2D eigenvalue weighted by Crippen LogP contribution is -2.41. The van der Waals surface area contributed by atoms with Gasteiger partial charge in [-0.25, -0.2) is 4.79 Å². The molecule has 0 saturated heterocycles. The van der Waals surface area contributed by atoms with E-state index in [1.807, 2.05) is 0 Å². The fourth-order valence-electron chi connectivity index (χ4n) is 1.54. The summed E-state index contributed by atoms with van der Waals surface area (Å²) >= 11 is 0. The molecule has 6 nitrogen and oxygen atoms in total. The third-order valence-corrected chi connectivity index (χ3v) is 2.64. The number of furan rings is 1. The SMILES string of the molecule is Cc1oc(C(=O)O)cc1CNC(C)C(=O)N(C)C. The van der Waals surface area contributed by atoms with Crippen LogP contribution in [0.25, 0.3) is 0 Å². The first-order valence-electron chi connectivity index (χ1n) is 5.60. The van der Waals surface area contributed by atoms with Crippen LogP contribution in [0.5, 0.6) is 0 Å². The number of likely N-dealkylation sites (N-methyl/N-ethyl adjacent to an activating group) is 1. The first kappa shape index (κ1) is 14.2. The molecule has 100 valence electrons. The van der Waals surface area contributed by atoms with Gasteiger partial charge in [0, 0.05) is 26.2 Å². The van der Waals surface area contributed by atoms with Crippen LogP contribution in [0, 0.1) is 6.92 Å². The largest absolute Gasteiger partial charge is 0.475 e. The first-order chi connectivity index (χ1) is 8.32. The van der Waals surface area contributed by atoms with Crippen LogP contribution in [0.3, 0.4) is 0 Å². The number of nitrogens with zero attached hydrogens (tertiary/aromatic N) is 1. The summed E-state index contributed by atoms with van der Waals surface area (Å²) in [5, 5.41) is 11.8. The minimum Gasteiger partial charge on any atom is -0.475 e.